The van der Waals surface area contributed by atoms with E-state index in [9.17, 15) is 0 Å². The van der Waals surface area contributed by atoms with Crippen LogP contribution < -0.4 is 10.6 Å². The number of hydrogen-bond acceptors (Lipinski definition) is 4. The van der Waals surface area contributed by atoms with E-state index in [1.165, 1.54) is 0 Å². The Bertz CT molecular complexity index is 699. The molecule has 0 amide bonds. The summed E-state index contributed by atoms with van der Waals surface area (Å²) in [6.45, 7) is 6.89. The SMILES string of the molecule is CCSC1(CNC(=NC)NC(C)c2cc3ccccc3o2)CCOCC1. The van der Waals surface area contributed by atoms with Gasteiger partial charge >= 0.3 is 0 Å². The van der Waals surface area contributed by atoms with Crippen molar-refractivity contribution in [3.8, 4) is 0 Å². The Morgan fingerprint density at radius 2 is 2.08 bits per heavy atom. The second kappa shape index (κ2) is 8.82. The molecule has 1 aliphatic rings. The molecule has 6 heteroatoms. The molecule has 2 heterocycles. The van der Waals surface area contributed by atoms with E-state index in [0.717, 1.165) is 61.0 Å². The summed E-state index contributed by atoms with van der Waals surface area (Å²) in [6, 6.07) is 10.2. The van der Waals surface area contributed by atoms with E-state index in [0.29, 0.717) is 0 Å². The van der Waals surface area contributed by atoms with Gasteiger partial charge in [0.1, 0.15) is 11.3 Å². The minimum atomic E-state index is 0.0399. The molecule has 1 aromatic heterocycles. The van der Waals surface area contributed by atoms with Gasteiger partial charge in [-0.3, -0.25) is 4.99 Å². The molecular formula is C20H29N3O2S. The smallest absolute Gasteiger partial charge is 0.191 e. The van der Waals surface area contributed by atoms with Crippen molar-refractivity contribution in [2.45, 2.75) is 37.5 Å². The van der Waals surface area contributed by atoms with Crippen molar-refractivity contribution >= 4 is 28.7 Å². The zero-order chi connectivity index (χ0) is 18.4. The maximum absolute atomic E-state index is 5.96. The molecule has 1 saturated heterocycles. The average molecular weight is 376 g/mol. The number of thioether (sulfide) groups is 1. The van der Waals surface area contributed by atoms with E-state index in [4.69, 9.17) is 9.15 Å². The summed E-state index contributed by atoms with van der Waals surface area (Å²) in [5.41, 5.74) is 0.916. The van der Waals surface area contributed by atoms with Gasteiger partial charge in [-0.05, 0) is 37.7 Å². The third-order valence-electron chi connectivity index (χ3n) is 4.88. The van der Waals surface area contributed by atoms with Crippen LogP contribution in [0.15, 0.2) is 39.7 Å². The highest BCUT2D eigenvalue weighted by atomic mass is 32.2. The third kappa shape index (κ3) is 4.54. The summed E-state index contributed by atoms with van der Waals surface area (Å²) in [7, 11) is 1.81. The van der Waals surface area contributed by atoms with E-state index in [1.807, 2.05) is 37.0 Å². The monoisotopic (exact) mass is 375 g/mol. The fourth-order valence-electron chi connectivity index (χ4n) is 3.35. The van der Waals surface area contributed by atoms with Gasteiger partial charge in [-0.2, -0.15) is 11.8 Å². The first kappa shape index (κ1) is 19.1. The maximum atomic E-state index is 5.96. The molecule has 1 fully saturated rings. The van der Waals surface area contributed by atoms with Crippen molar-refractivity contribution in [2.75, 3.05) is 32.6 Å². The summed E-state index contributed by atoms with van der Waals surface area (Å²) >= 11 is 2.03. The topological polar surface area (TPSA) is 58.8 Å². The number of nitrogens with zero attached hydrogens (tertiary/aromatic N) is 1. The molecule has 1 aliphatic heterocycles. The Morgan fingerprint density at radius 3 is 2.77 bits per heavy atom. The van der Waals surface area contributed by atoms with E-state index < -0.39 is 0 Å². The van der Waals surface area contributed by atoms with Crippen LogP contribution in [0.2, 0.25) is 0 Å². The number of hydrogen-bond donors (Lipinski definition) is 2. The number of guanidine groups is 1. The van der Waals surface area contributed by atoms with Crippen LogP contribution in [0.1, 0.15) is 38.5 Å². The van der Waals surface area contributed by atoms with E-state index >= 15 is 0 Å². The van der Waals surface area contributed by atoms with Gasteiger partial charge in [-0.15, -0.1) is 0 Å². The lowest BCUT2D eigenvalue weighted by molar-refractivity contribution is 0.0782. The van der Waals surface area contributed by atoms with Crippen LogP contribution in [-0.4, -0.2) is 43.3 Å². The van der Waals surface area contributed by atoms with Crippen LogP contribution in [0.25, 0.3) is 11.0 Å². The third-order valence-corrected chi connectivity index (χ3v) is 6.33. The molecule has 142 valence electrons. The van der Waals surface area contributed by atoms with Crippen molar-refractivity contribution in [1.29, 1.82) is 0 Å². The van der Waals surface area contributed by atoms with Crippen LogP contribution in [0.3, 0.4) is 0 Å². The molecule has 1 atom stereocenters. The van der Waals surface area contributed by atoms with Gasteiger partial charge in [-0.1, -0.05) is 25.1 Å². The van der Waals surface area contributed by atoms with Crippen molar-refractivity contribution in [3.63, 3.8) is 0 Å². The van der Waals surface area contributed by atoms with E-state index in [2.05, 4.69) is 41.6 Å². The Kier molecular flexibility index (Phi) is 6.48. The quantitative estimate of drug-likeness (QED) is 0.591. The number of aliphatic imine (C=N–C) groups is 1. The van der Waals surface area contributed by atoms with Crippen molar-refractivity contribution in [3.05, 3.63) is 36.1 Å². The minimum absolute atomic E-state index is 0.0399. The van der Waals surface area contributed by atoms with Crippen LogP contribution in [0.4, 0.5) is 0 Å². The standard InChI is InChI=1S/C20H29N3O2S/c1-4-26-20(9-11-24-12-10-20)14-22-19(21-3)23-15(2)18-13-16-7-5-6-8-17(16)25-18/h5-8,13,15H,4,9-12,14H2,1-3H3,(H2,21,22,23). The number of furan rings is 1. The van der Waals surface area contributed by atoms with Crippen molar-refractivity contribution in [2.24, 2.45) is 4.99 Å². The van der Waals surface area contributed by atoms with Crippen molar-refractivity contribution in [1.82, 2.24) is 10.6 Å². The zero-order valence-electron chi connectivity index (χ0n) is 15.9. The number of benzene rings is 1. The van der Waals surface area contributed by atoms with Gasteiger partial charge in [0.05, 0.1) is 6.04 Å². The molecule has 0 spiro atoms. The molecule has 3 rings (SSSR count). The van der Waals surface area contributed by atoms with E-state index in [-0.39, 0.29) is 10.8 Å². The molecule has 0 radical (unpaired) electrons. The summed E-state index contributed by atoms with van der Waals surface area (Å²) in [6.07, 6.45) is 2.16. The lowest BCUT2D eigenvalue weighted by atomic mass is 9.99. The van der Waals surface area contributed by atoms with Gasteiger partial charge in [-0.25, -0.2) is 0 Å². The number of para-hydroxylation sites is 1. The fourth-order valence-corrected chi connectivity index (χ4v) is 4.60. The molecule has 5 nitrogen and oxygen atoms in total. The molecule has 0 aliphatic carbocycles. The Balaban J connectivity index is 1.61. The first-order valence-electron chi connectivity index (χ1n) is 9.33. The Hall–Kier alpha value is -1.66. The Labute approximate surface area is 160 Å². The maximum Gasteiger partial charge on any atom is 0.191 e. The second-order valence-electron chi connectivity index (χ2n) is 6.71. The number of nitrogens with one attached hydrogen (secondary N) is 2. The molecule has 0 bridgehead atoms. The molecule has 1 unspecified atom stereocenters. The van der Waals surface area contributed by atoms with Crippen molar-refractivity contribution < 1.29 is 9.15 Å². The fraction of sp³-hybridized carbons (Fsp3) is 0.550. The van der Waals surface area contributed by atoms with Crippen LogP contribution in [0, 0.1) is 0 Å². The minimum Gasteiger partial charge on any atom is -0.459 e. The first-order valence-corrected chi connectivity index (χ1v) is 10.3. The van der Waals surface area contributed by atoms with Gasteiger partial charge in [0.2, 0.25) is 0 Å². The molecule has 26 heavy (non-hydrogen) atoms. The largest absolute Gasteiger partial charge is 0.459 e. The van der Waals surface area contributed by atoms with Crippen LogP contribution in [0.5, 0.6) is 0 Å². The molecule has 1 aromatic carbocycles. The lowest BCUT2D eigenvalue weighted by Gasteiger charge is -2.37. The first-order chi connectivity index (χ1) is 12.7. The van der Waals surface area contributed by atoms with Gasteiger partial charge < -0.3 is 19.8 Å². The highest BCUT2D eigenvalue weighted by Gasteiger charge is 2.32. The average Bonchev–Trinajstić information content (AvgIpc) is 3.10. The second-order valence-corrected chi connectivity index (χ2v) is 8.44. The van der Waals surface area contributed by atoms with Gasteiger partial charge in [0, 0.05) is 36.9 Å². The van der Waals surface area contributed by atoms with Crippen LogP contribution >= 0.6 is 11.8 Å². The summed E-state index contributed by atoms with van der Waals surface area (Å²) in [5.74, 6) is 2.83. The zero-order valence-corrected chi connectivity index (χ0v) is 16.7. The number of fused-ring (bicyclic) bond motifs is 1. The van der Waals surface area contributed by atoms with Gasteiger partial charge in [0.25, 0.3) is 0 Å². The summed E-state index contributed by atoms with van der Waals surface area (Å²) in [4.78, 5) is 4.40. The van der Waals surface area contributed by atoms with Gasteiger partial charge in [0.15, 0.2) is 5.96 Å². The predicted molar refractivity (Wildman–Crippen MR) is 110 cm³/mol. The highest BCUT2D eigenvalue weighted by Crippen LogP contribution is 2.34. The summed E-state index contributed by atoms with van der Waals surface area (Å²) < 4.78 is 11.7. The molecular weight excluding hydrogens is 346 g/mol. The molecule has 2 aromatic rings. The Morgan fingerprint density at radius 1 is 1.31 bits per heavy atom. The molecule has 2 N–H and O–H groups in total. The summed E-state index contributed by atoms with van der Waals surface area (Å²) in [5, 5.41) is 8.09. The highest BCUT2D eigenvalue weighted by molar-refractivity contribution is 8.00. The predicted octanol–water partition coefficient (Wildman–Crippen LogP) is 3.96. The number of ether oxygens (including phenoxy) is 1. The van der Waals surface area contributed by atoms with Crippen LogP contribution in [-0.2, 0) is 4.74 Å². The molecule has 0 saturated carbocycles. The normalized spacial score (nSPS) is 18.7. The number of rotatable bonds is 6. The van der Waals surface area contributed by atoms with E-state index in [1.54, 1.807) is 0 Å². The lowest BCUT2D eigenvalue weighted by Crippen LogP contribution is -2.48.